The van der Waals surface area contributed by atoms with Gasteiger partial charge in [-0.1, -0.05) is 85.7 Å². The number of nitrogens with two attached hydrogens (primary N) is 3. The Bertz CT molecular complexity index is 2190. The highest BCUT2D eigenvalue weighted by Gasteiger charge is 2.36. The Balaban J connectivity index is 3.58. The number of carboxylic acids is 3. The first-order valence-corrected chi connectivity index (χ1v) is 25.9. The summed E-state index contributed by atoms with van der Waals surface area (Å²) in [5, 5.41) is 49.4. The van der Waals surface area contributed by atoms with Crippen LogP contribution in [0.4, 0.5) is 0 Å². The van der Waals surface area contributed by atoms with Crippen LogP contribution >= 0.6 is 0 Å². The zero-order chi connectivity index (χ0) is 58.7. The van der Waals surface area contributed by atoms with Gasteiger partial charge in [-0.25, -0.2) is 4.79 Å². The van der Waals surface area contributed by atoms with E-state index in [0.29, 0.717) is 5.56 Å². The van der Waals surface area contributed by atoms with E-state index in [1.807, 2.05) is 0 Å². The van der Waals surface area contributed by atoms with Gasteiger partial charge >= 0.3 is 17.9 Å². The second kappa shape index (κ2) is 34.3. The summed E-state index contributed by atoms with van der Waals surface area (Å²) in [5.74, 6) is -12.5. The zero-order valence-corrected chi connectivity index (χ0v) is 45.7. The number of carbonyl (C=O) groups excluding carboxylic acids is 8. The third-order valence-corrected chi connectivity index (χ3v) is 11.7. The van der Waals surface area contributed by atoms with Gasteiger partial charge in [0.1, 0.15) is 48.3 Å². The monoisotopic (exact) mass is 1090 g/mol. The lowest BCUT2D eigenvalue weighted by Crippen LogP contribution is -2.61. The standard InChI is InChI=1S/C51H84N12O14/c1-26(2)22-35(59-42(68)30(9)52)46(72)58-33(17-19-39(64)65)44(70)57-34(18-20-40(66)67)45(71)60-36(23-27(3)4)47(73)56-32(16-13-21-55-51(53)54)43(69)61-37(24-28(5)6)48(74)63-41(29(7)8)49(75)62-38(50(76)77)25-31-14-11-10-12-15-31/h10-12,14-15,26-30,32-38,41H,13,16-25,52H2,1-9H3,(H,56,73)(H,57,70)(H,58,72)(H,59,68)(H,60,71)(H,61,69)(H,62,75)(H,63,74)(H,64,65)(H,66,67)(H,76,77)(H4,53,54,55)/t30-,32-,33-,34-,35-,36-,37-,38-,41-/m0/s1. The minimum atomic E-state index is -1.68. The molecule has 8 amide bonds. The van der Waals surface area contributed by atoms with Crippen LogP contribution in [0.3, 0.4) is 0 Å². The summed E-state index contributed by atoms with van der Waals surface area (Å²) < 4.78 is 0. The van der Waals surface area contributed by atoms with Crippen molar-refractivity contribution in [2.24, 2.45) is 45.9 Å². The number of rotatable bonds is 36. The second-order valence-corrected chi connectivity index (χ2v) is 20.7. The molecular formula is C51H84N12O14. The van der Waals surface area contributed by atoms with Crippen molar-refractivity contribution in [1.29, 1.82) is 0 Å². The highest BCUT2D eigenvalue weighted by Crippen LogP contribution is 2.14. The van der Waals surface area contributed by atoms with E-state index in [1.165, 1.54) is 6.92 Å². The average Bonchev–Trinajstić information content (AvgIpc) is 3.32. The van der Waals surface area contributed by atoms with Crippen LogP contribution < -0.4 is 59.7 Å². The van der Waals surface area contributed by atoms with Crippen LogP contribution in [0.25, 0.3) is 0 Å². The second-order valence-electron chi connectivity index (χ2n) is 20.7. The average molecular weight is 1090 g/mol. The van der Waals surface area contributed by atoms with E-state index in [9.17, 15) is 68.1 Å². The third kappa shape index (κ3) is 27.3. The number of nitrogens with one attached hydrogen (secondary N) is 8. The van der Waals surface area contributed by atoms with E-state index >= 15 is 0 Å². The number of benzene rings is 1. The van der Waals surface area contributed by atoms with Crippen molar-refractivity contribution < 1.29 is 68.1 Å². The molecule has 0 aliphatic carbocycles. The molecule has 0 aromatic heterocycles. The van der Waals surface area contributed by atoms with Crippen LogP contribution in [-0.4, -0.2) is 147 Å². The minimum absolute atomic E-state index is 0.00956. The van der Waals surface area contributed by atoms with Crippen LogP contribution in [0, 0.1) is 23.7 Å². The Labute approximate surface area is 449 Å². The number of nitrogens with zero attached hydrogens (tertiary/aromatic N) is 1. The topological polar surface area (TPSA) is 435 Å². The molecule has 0 spiro atoms. The fraction of sp³-hybridized carbons (Fsp3) is 0.647. The summed E-state index contributed by atoms with van der Waals surface area (Å²) in [6.07, 6.45) is -2.29. The zero-order valence-electron chi connectivity index (χ0n) is 45.7. The van der Waals surface area contributed by atoms with Gasteiger partial charge in [-0.3, -0.25) is 52.9 Å². The molecule has 9 atom stereocenters. The van der Waals surface area contributed by atoms with Gasteiger partial charge in [0.2, 0.25) is 47.3 Å². The lowest BCUT2D eigenvalue weighted by atomic mass is 9.98. The number of hydrogen-bond donors (Lipinski definition) is 14. The number of carboxylic acid groups (broad SMARTS) is 3. The quantitative estimate of drug-likeness (QED) is 0.0220. The maximum Gasteiger partial charge on any atom is 0.326 e. The predicted molar refractivity (Wildman–Crippen MR) is 284 cm³/mol. The van der Waals surface area contributed by atoms with E-state index in [-0.39, 0.29) is 68.8 Å². The molecule has 0 radical (unpaired) electrons. The van der Waals surface area contributed by atoms with Gasteiger partial charge in [0, 0.05) is 25.8 Å². The molecule has 77 heavy (non-hydrogen) atoms. The van der Waals surface area contributed by atoms with Crippen LogP contribution in [0.2, 0.25) is 0 Å². The summed E-state index contributed by atoms with van der Waals surface area (Å²) in [5.41, 5.74) is 17.4. The molecule has 1 aromatic carbocycles. The Morgan fingerprint density at radius 1 is 0.468 bits per heavy atom. The van der Waals surface area contributed by atoms with E-state index in [0.717, 1.165) is 0 Å². The van der Waals surface area contributed by atoms with Gasteiger partial charge in [-0.15, -0.1) is 0 Å². The van der Waals surface area contributed by atoms with Gasteiger partial charge in [0.25, 0.3) is 0 Å². The summed E-state index contributed by atoms with van der Waals surface area (Å²) >= 11 is 0. The normalized spacial score (nSPS) is 14.7. The fourth-order valence-electron chi connectivity index (χ4n) is 7.72. The fourth-order valence-corrected chi connectivity index (χ4v) is 7.72. The molecule has 0 heterocycles. The Hall–Kier alpha value is -7.38. The maximum atomic E-state index is 14.3. The summed E-state index contributed by atoms with van der Waals surface area (Å²) in [6, 6.07) is -3.61. The molecule has 0 aliphatic rings. The Morgan fingerprint density at radius 3 is 1.17 bits per heavy atom. The molecule has 0 fully saturated rings. The van der Waals surface area contributed by atoms with Gasteiger partial charge in [-0.2, -0.15) is 0 Å². The molecule has 0 saturated carbocycles. The van der Waals surface area contributed by atoms with E-state index in [1.54, 1.807) is 85.7 Å². The Kier molecular flexibility index (Phi) is 30.1. The number of hydrogen-bond acceptors (Lipinski definition) is 13. The summed E-state index contributed by atoms with van der Waals surface area (Å²) in [6.45, 7) is 15.2. The third-order valence-electron chi connectivity index (χ3n) is 11.7. The Morgan fingerprint density at radius 2 is 0.818 bits per heavy atom. The number of amides is 8. The van der Waals surface area contributed by atoms with E-state index in [4.69, 9.17) is 17.2 Å². The lowest BCUT2D eigenvalue weighted by Gasteiger charge is -2.29. The minimum Gasteiger partial charge on any atom is -0.481 e. The number of aliphatic imine (C=N–C) groups is 1. The van der Waals surface area contributed by atoms with Crippen molar-refractivity contribution >= 4 is 71.1 Å². The number of aliphatic carboxylic acids is 3. The molecule has 26 heteroatoms. The number of carbonyl (C=O) groups is 11. The van der Waals surface area contributed by atoms with E-state index < -0.39 is 151 Å². The van der Waals surface area contributed by atoms with Crippen molar-refractivity contribution in [3.05, 3.63) is 35.9 Å². The van der Waals surface area contributed by atoms with Crippen molar-refractivity contribution in [2.45, 2.75) is 181 Å². The van der Waals surface area contributed by atoms with Crippen molar-refractivity contribution in [1.82, 2.24) is 42.5 Å². The van der Waals surface area contributed by atoms with Crippen LogP contribution in [0.5, 0.6) is 0 Å². The molecule has 1 rings (SSSR count). The van der Waals surface area contributed by atoms with Gasteiger partial charge in [0.15, 0.2) is 5.96 Å². The molecule has 0 saturated heterocycles. The lowest BCUT2D eigenvalue weighted by molar-refractivity contribution is -0.142. The predicted octanol–water partition coefficient (Wildman–Crippen LogP) is -0.883. The van der Waals surface area contributed by atoms with Crippen LogP contribution in [0.15, 0.2) is 35.3 Å². The molecule has 1 aromatic rings. The largest absolute Gasteiger partial charge is 0.481 e. The molecule has 0 unspecified atom stereocenters. The first-order chi connectivity index (χ1) is 35.9. The summed E-state index contributed by atoms with van der Waals surface area (Å²) in [7, 11) is 0. The molecule has 0 aliphatic heterocycles. The van der Waals surface area contributed by atoms with E-state index in [2.05, 4.69) is 47.5 Å². The van der Waals surface area contributed by atoms with Crippen LogP contribution in [-0.2, 0) is 59.2 Å². The molecule has 26 nitrogen and oxygen atoms in total. The highest BCUT2D eigenvalue weighted by molar-refractivity contribution is 5.98. The molecular weight excluding hydrogens is 1000 g/mol. The SMILES string of the molecule is CC(C)C[C@H](NC(=O)[C@H](C)N)C(=O)N[C@@H](CCC(=O)O)C(=O)N[C@@H](CCC(=O)O)C(=O)N[C@@H](CC(C)C)C(=O)N[C@@H](CCCN=C(N)N)C(=O)N[C@@H](CC(C)C)C(=O)N[C@H](C(=O)N[C@@H](Cc1ccccc1)C(=O)O)C(C)C. The highest BCUT2D eigenvalue weighted by atomic mass is 16.4. The van der Waals surface area contributed by atoms with Crippen molar-refractivity contribution in [3.63, 3.8) is 0 Å². The summed E-state index contributed by atoms with van der Waals surface area (Å²) in [4.78, 5) is 150. The van der Waals surface area contributed by atoms with Gasteiger partial charge in [0.05, 0.1) is 6.04 Å². The first-order valence-electron chi connectivity index (χ1n) is 25.9. The molecule has 432 valence electrons. The van der Waals surface area contributed by atoms with Gasteiger partial charge in [-0.05, 0) is 81.1 Å². The number of guanidine groups is 1. The molecule has 17 N–H and O–H groups in total. The van der Waals surface area contributed by atoms with Gasteiger partial charge < -0.3 is 75.1 Å². The van der Waals surface area contributed by atoms with Crippen molar-refractivity contribution in [3.8, 4) is 0 Å². The van der Waals surface area contributed by atoms with Crippen molar-refractivity contribution in [2.75, 3.05) is 6.54 Å². The van der Waals surface area contributed by atoms with Crippen LogP contribution in [0.1, 0.15) is 126 Å². The first kappa shape index (κ1) is 67.6. The maximum absolute atomic E-state index is 14.3. The smallest absolute Gasteiger partial charge is 0.326 e. The molecule has 0 bridgehead atoms.